The van der Waals surface area contributed by atoms with Gasteiger partial charge in [0, 0.05) is 19.0 Å². The summed E-state index contributed by atoms with van der Waals surface area (Å²) in [5.41, 5.74) is 0. The first-order valence-electron chi connectivity index (χ1n) is 5.18. The van der Waals surface area contributed by atoms with Gasteiger partial charge in [-0.05, 0) is 20.3 Å². The molecule has 0 bridgehead atoms. The number of carboxylic acid groups (broad SMARTS) is 1. The van der Waals surface area contributed by atoms with E-state index in [0.29, 0.717) is 19.4 Å². The van der Waals surface area contributed by atoms with Gasteiger partial charge in [0.15, 0.2) is 0 Å². The number of hydrogen-bond donors (Lipinski definition) is 2. The second-order valence-electron chi connectivity index (χ2n) is 3.65. The monoisotopic (exact) mass is 226 g/mol. The van der Waals surface area contributed by atoms with Gasteiger partial charge in [0.1, 0.15) is 6.54 Å². The van der Waals surface area contributed by atoms with E-state index < -0.39 is 5.97 Å². The van der Waals surface area contributed by atoms with Crippen LogP contribution in [0, 0.1) is 12.3 Å². The Kier molecular flexibility index (Phi) is 6.77. The molecule has 0 saturated heterocycles. The minimum Gasteiger partial charge on any atom is -0.480 e. The lowest BCUT2D eigenvalue weighted by molar-refractivity contribution is -0.138. The van der Waals surface area contributed by atoms with Crippen molar-refractivity contribution in [3.8, 4) is 12.3 Å². The number of aliphatic carboxylic acids is 1. The van der Waals surface area contributed by atoms with Gasteiger partial charge in [-0.25, -0.2) is 4.79 Å². The lowest BCUT2D eigenvalue weighted by Gasteiger charge is -2.24. The van der Waals surface area contributed by atoms with Crippen LogP contribution in [0.4, 0.5) is 4.79 Å². The maximum atomic E-state index is 11.6. The predicted octanol–water partition coefficient (Wildman–Crippen LogP) is 0.904. The smallest absolute Gasteiger partial charge is 0.323 e. The van der Waals surface area contributed by atoms with Crippen LogP contribution >= 0.6 is 0 Å². The number of rotatable bonds is 6. The van der Waals surface area contributed by atoms with Crippen LogP contribution < -0.4 is 5.32 Å². The Morgan fingerprint density at radius 1 is 1.50 bits per heavy atom. The highest BCUT2D eigenvalue weighted by molar-refractivity contribution is 5.80. The van der Waals surface area contributed by atoms with Crippen molar-refractivity contribution in [2.24, 2.45) is 0 Å². The highest BCUT2D eigenvalue weighted by Crippen LogP contribution is 1.98. The molecular formula is C11H18N2O3. The lowest BCUT2D eigenvalue weighted by atomic mass is 10.3. The second kappa shape index (κ2) is 7.57. The summed E-state index contributed by atoms with van der Waals surface area (Å²) in [7, 11) is 0. The highest BCUT2D eigenvalue weighted by atomic mass is 16.4. The molecule has 0 heterocycles. The number of unbranched alkanes of at least 4 members (excludes halogenated alkanes) is 1. The number of nitrogens with one attached hydrogen (secondary N) is 1. The van der Waals surface area contributed by atoms with Crippen molar-refractivity contribution in [2.75, 3.05) is 13.1 Å². The quantitative estimate of drug-likeness (QED) is 0.522. The van der Waals surface area contributed by atoms with Crippen molar-refractivity contribution in [1.29, 1.82) is 0 Å². The Balaban J connectivity index is 4.08. The summed E-state index contributed by atoms with van der Waals surface area (Å²) in [6.07, 6.45) is 6.36. The number of carbonyl (C=O) groups is 2. The maximum absolute atomic E-state index is 11.6. The van der Waals surface area contributed by atoms with Crippen LogP contribution in [0.15, 0.2) is 0 Å². The van der Waals surface area contributed by atoms with E-state index in [-0.39, 0.29) is 18.6 Å². The minimum absolute atomic E-state index is 0.149. The fourth-order valence-electron chi connectivity index (χ4n) is 1.12. The summed E-state index contributed by atoms with van der Waals surface area (Å²) < 4.78 is 0. The number of terminal acetylenes is 1. The van der Waals surface area contributed by atoms with Gasteiger partial charge in [-0.2, -0.15) is 0 Å². The van der Waals surface area contributed by atoms with Gasteiger partial charge >= 0.3 is 12.0 Å². The van der Waals surface area contributed by atoms with Crippen LogP contribution in [-0.4, -0.2) is 41.1 Å². The summed E-state index contributed by atoms with van der Waals surface area (Å²) in [4.78, 5) is 23.4. The minimum atomic E-state index is -1.02. The molecule has 5 nitrogen and oxygen atoms in total. The van der Waals surface area contributed by atoms with Crippen molar-refractivity contribution >= 4 is 12.0 Å². The number of nitrogens with zero attached hydrogens (tertiary/aromatic N) is 1. The topological polar surface area (TPSA) is 69.6 Å². The largest absolute Gasteiger partial charge is 0.480 e. The molecule has 0 rings (SSSR count). The third kappa shape index (κ3) is 5.91. The predicted molar refractivity (Wildman–Crippen MR) is 60.9 cm³/mol. The molecule has 0 aliphatic carbocycles. The second-order valence-corrected chi connectivity index (χ2v) is 3.65. The van der Waals surface area contributed by atoms with Crippen LogP contribution in [0.1, 0.15) is 26.7 Å². The van der Waals surface area contributed by atoms with Crippen molar-refractivity contribution in [3.63, 3.8) is 0 Å². The maximum Gasteiger partial charge on any atom is 0.323 e. The average molecular weight is 226 g/mol. The molecule has 0 fully saturated rings. The Bertz CT molecular complexity index is 281. The van der Waals surface area contributed by atoms with E-state index in [2.05, 4.69) is 11.2 Å². The zero-order valence-electron chi connectivity index (χ0n) is 9.69. The molecule has 2 N–H and O–H groups in total. The van der Waals surface area contributed by atoms with Crippen LogP contribution in [-0.2, 0) is 4.79 Å². The molecule has 0 aromatic carbocycles. The van der Waals surface area contributed by atoms with E-state index in [1.54, 1.807) is 13.8 Å². The summed E-state index contributed by atoms with van der Waals surface area (Å²) in [6.45, 7) is 3.71. The molecule has 0 aliphatic heterocycles. The number of amides is 2. The van der Waals surface area contributed by atoms with Gasteiger partial charge < -0.3 is 15.3 Å². The number of carbonyl (C=O) groups excluding carboxylic acids is 1. The van der Waals surface area contributed by atoms with Crippen LogP contribution in [0.5, 0.6) is 0 Å². The van der Waals surface area contributed by atoms with E-state index in [1.165, 1.54) is 4.90 Å². The zero-order valence-corrected chi connectivity index (χ0v) is 9.69. The number of hydrogen-bond acceptors (Lipinski definition) is 2. The molecule has 0 unspecified atom stereocenters. The molecule has 2 amide bonds. The third-order valence-corrected chi connectivity index (χ3v) is 1.96. The van der Waals surface area contributed by atoms with Gasteiger partial charge in [0.25, 0.3) is 0 Å². The molecule has 0 aliphatic rings. The van der Waals surface area contributed by atoms with E-state index >= 15 is 0 Å². The van der Waals surface area contributed by atoms with Crippen LogP contribution in [0.3, 0.4) is 0 Å². The van der Waals surface area contributed by atoms with Crippen molar-refractivity contribution in [3.05, 3.63) is 0 Å². The Hall–Kier alpha value is -1.70. The highest BCUT2D eigenvalue weighted by Gasteiger charge is 2.18. The molecule has 16 heavy (non-hydrogen) atoms. The van der Waals surface area contributed by atoms with Gasteiger partial charge in [-0.15, -0.1) is 12.3 Å². The molecule has 0 radical (unpaired) electrons. The Morgan fingerprint density at radius 3 is 2.56 bits per heavy atom. The van der Waals surface area contributed by atoms with E-state index in [9.17, 15) is 9.59 Å². The molecule has 0 spiro atoms. The molecule has 0 saturated carbocycles. The van der Waals surface area contributed by atoms with Gasteiger partial charge in [-0.3, -0.25) is 4.79 Å². The van der Waals surface area contributed by atoms with Gasteiger partial charge in [0.05, 0.1) is 0 Å². The van der Waals surface area contributed by atoms with E-state index in [0.717, 1.165) is 0 Å². The SMILES string of the molecule is C#CCCCNC(=O)N(CC(=O)O)C(C)C. The average Bonchev–Trinajstić information content (AvgIpc) is 2.20. The Morgan fingerprint density at radius 2 is 2.12 bits per heavy atom. The van der Waals surface area contributed by atoms with Crippen molar-refractivity contribution < 1.29 is 14.7 Å². The first-order chi connectivity index (χ1) is 7.49. The van der Waals surface area contributed by atoms with Crippen LogP contribution in [0.2, 0.25) is 0 Å². The molecule has 0 aromatic rings. The third-order valence-electron chi connectivity index (χ3n) is 1.96. The lowest BCUT2D eigenvalue weighted by Crippen LogP contribution is -2.46. The van der Waals surface area contributed by atoms with E-state index in [1.807, 2.05) is 0 Å². The number of carboxylic acids is 1. The molecule has 5 heteroatoms. The molecule has 0 atom stereocenters. The summed E-state index contributed by atoms with van der Waals surface area (Å²) >= 11 is 0. The Labute approximate surface area is 95.8 Å². The van der Waals surface area contributed by atoms with Crippen molar-refractivity contribution in [1.82, 2.24) is 10.2 Å². The fourth-order valence-corrected chi connectivity index (χ4v) is 1.12. The molecule has 90 valence electrons. The van der Waals surface area contributed by atoms with Gasteiger partial charge in [-0.1, -0.05) is 0 Å². The van der Waals surface area contributed by atoms with Crippen molar-refractivity contribution in [2.45, 2.75) is 32.7 Å². The standard InChI is InChI=1S/C11H18N2O3/c1-4-5-6-7-12-11(16)13(9(2)3)8-10(14)15/h1,9H,5-8H2,2-3H3,(H,12,16)(H,14,15). The normalized spacial score (nSPS) is 9.62. The fraction of sp³-hybridized carbons (Fsp3) is 0.636. The van der Waals surface area contributed by atoms with Crippen LogP contribution in [0.25, 0.3) is 0 Å². The van der Waals surface area contributed by atoms with Gasteiger partial charge in [0.2, 0.25) is 0 Å². The summed E-state index contributed by atoms with van der Waals surface area (Å²) in [5, 5.41) is 11.3. The molecular weight excluding hydrogens is 208 g/mol. The first-order valence-corrected chi connectivity index (χ1v) is 5.18. The summed E-state index contributed by atoms with van der Waals surface area (Å²) in [5.74, 6) is 1.45. The molecule has 0 aromatic heterocycles. The zero-order chi connectivity index (χ0) is 12.6. The summed E-state index contributed by atoms with van der Waals surface area (Å²) in [6, 6.07) is -0.516. The number of urea groups is 1. The van der Waals surface area contributed by atoms with E-state index in [4.69, 9.17) is 11.5 Å². The first kappa shape index (κ1) is 14.3.